The molecule has 0 aliphatic heterocycles. The second-order valence-corrected chi connectivity index (χ2v) is 3.02. The van der Waals surface area contributed by atoms with E-state index in [0.717, 1.165) is 0 Å². The maximum atomic E-state index is 12.1. The van der Waals surface area contributed by atoms with Gasteiger partial charge in [-0.1, -0.05) is 29.3 Å². The third-order valence-corrected chi connectivity index (χ3v) is 1.92. The molecule has 0 bridgehead atoms. The van der Waals surface area contributed by atoms with E-state index >= 15 is 0 Å². The minimum Gasteiger partial charge on any atom is -0.322 e. The molecule has 1 heterocycles. The summed E-state index contributed by atoms with van der Waals surface area (Å²) in [5.74, 6) is 0. The molecule has 2 nitrogen and oxygen atoms in total. The second kappa shape index (κ2) is 5.60. The average Bonchev–Trinajstić information content (AvgIpc) is 2.03. The van der Waals surface area contributed by atoms with Crippen LogP contribution in [0.5, 0.6) is 0 Å². The number of nitrogens with two attached hydrogens (primary N) is 1. The van der Waals surface area contributed by atoms with Gasteiger partial charge in [-0.15, -0.1) is 12.4 Å². The minimum atomic E-state index is -0.720. The Labute approximate surface area is 91.6 Å². The fraction of sp³-hybridized carbons (Fsp3) is 0.286. The van der Waals surface area contributed by atoms with Gasteiger partial charge in [0.2, 0.25) is 0 Å². The summed E-state index contributed by atoms with van der Waals surface area (Å²) >= 11 is 11.2. The molecule has 13 heavy (non-hydrogen) atoms. The molecule has 0 aromatic carbocycles. The molecule has 0 spiro atoms. The number of rotatable bonds is 2. The molecule has 74 valence electrons. The van der Waals surface area contributed by atoms with Crippen LogP contribution in [0.2, 0.25) is 10.3 Å². The fourth-order valence-corrected chi connectivity index (χ4v) is 1.27. The van der Waals surface area contributed by atoms with E-state index in [4.69, 9.17) is 28.9 Å². The SMILES string of the molecule is Cl.N[C@@H](CF)c1ccc(Cl)nc1Cl. The third kappa shape index (κ3) is 3.27. The molecule has 0 unspecified atom stereocenters. The van der Waals surface area contributed by atoms with Gasteiger partial charge in [-0.2, -0.15) is 0 Å². The lowest BCUT2D eigenvalue weighted by Crippen LogP contribution is -2.13. The third-order valence-electron chi connectivity index (χ3n) is 1.41. The Bertz CT molecular complexity index is 282. The van der Waals surface area contributed by atoms with Crippen LogP contribution in [-0.4, -0.2) is 11.7 Å². The van der Waals surface area contributed by atoms with Crippen LogP contribution in [0.3, 0.4) is 0 Å². The van der Waals surface area contributed by atoms with Crippen molar-refractivity contribution in [3.8, 4) is 0 Å². The summed E-state index contributed by atoms with van der Waals surface area (Å²) in [7, 11) is 0. The first-order chi connectivity index (χ1) is 5.65. The van der Waals surface area contributed by atoms with Crippen LogP contribution in [0.15, 0.2) is 12.1 Å². The molecule has 0 saturated carbocycles. The molecule has 6 heteroatoms. The summed E-state index contributed by atoms with van der Waals surface area (Å²) in [6, 6.07) is 2.38. The maximum absolute atomic E-state index is 12.1. The molecule has 2 N–H and O–H groups in total. The number of alkyl halides is 1. The lowest BCUT2D eigenvalue weighted by Gasteiger charge is -2.08. The van der Waals surface area contributed by atoms with Gasteiger partial charge in [0.05, 0.1) is 6.04 Å². The van der Waals surface area contributed by atoms with Gasteiger partial charge >= 0.3 is 0 Å². The monoisotopic (exact) mass is 244 g/mol. The topological polar surface area (TPSA) is 38.9 Å². The molecule has 0 aliphatic rings. The lowest BCUT2D eigenvalue weighted by molar-refractivity contribution is 0.436. The highest BCUT2D eigenvalue weighted by atomic mass is 35.5. The molecular formula is C7H8Cl3FN2. The summed E-state index contributed by atoms with van der Waals surface area (Å²) < 4.78 is 12.1. The fourth-order valence-electron chi connectivity index (χ4n) is 0.783. The van der Waals surface area contributed by atoms with E-state index in [0.29, 0.717) is 5.56 Å². The normalized spacial score (nSPS) is 12.0. The zero-order chi connectivity index (χ0) is 9.14. The van der Waals surface area contributed by atoms with Crippen LogP contribution < -0.4 is 5.73 Å². The zero-order valence-electron chi connectivity index (χ0n) is 6.51. The largest absolute Gasteiger partial charge is 0.322 e. The first-order valence-electron chi connectivity index (χ1n) is 3.28. The predicted molar refractivity (Wildman–Crippen MR) is 54.4 cm³/mol. The molecule has 1 aromatic rings. The van der Waals surface area contributed by atoms with Gasteiger partial charge in [0.1, 0.15) is 17.0 Å². The van der Waals surface area contributed by atoms with Crippen molar-refractivity contribution >= 4 is 35.6 Å². The highest BCUT2D eigenvalue weighted by Gasteiger charge is 2.10. The van der Waals surface area contributed by atoms with E-state index in [1.807, 2.05) is 0 Å². The maximum Gasteiger partial charge on any atom is 0.135 e. The van der Waals surface area contributed by atoms with Crippen molar-refractivity contribution in [2.75, 3.05) is 6.67 Å². The standard InChI is InChI=1S/C7H7Cl2FN2.ClH/c8-6-2-1-4(5(11)3-10)7(9)12-6;/h1-2,5H,3,11H2;1H/t5-;/m0./s1. The van der Waals surface area contributed by atoms with Gasteiger partial charge < -0.3 is 5.73 Å². The van der Waals surface area contributed by atoms with E-state index < -0.39 is 12.7 Å². The second-order valence-electron chi connectivity index (χ2n) is 2.27. The predicted octanol–water partition coefficient (Wildman–Crippen LogP) is 2.78. The summed E-state index contributed by atoms with van der Waals surface area (Å²) in [5, 5.41) is 0.433. The molecule has 0 radical (unpaired) electrons. The first kappa shape index (κ1) is 12.9. The Kier molecular flexibility index (Phi) is 5.56. The van der Waals surface area contributed by atoms with Crippen LogP contribution in [-0.2, 0) is 0 Å². The smallest absolute Gasteiger partial charge is 0.135 e. The Morgan fingerprint density at radius 1 is 1.46 bits per heavy atom. The number of halogens is 4. The zero-order valence-corrected chi connectivity index (χ0v) is 8.83. The summed E-state index contributed by atoms with van der Waals surface area (Å²) in [6.07, 6.45) is 0. The molecule has 0 fully saturated rings. The summed E-state index contributed by atoms with van der Waals surface area (Å²) in [6.45, 7) is -0.664. The van der Waals surface area contributed by atoms with Crippen molar-refractivity contribution < 1.29 is 4.39 Å². The van der Waals surface area contributed by atoms with Crippen molar-refractivity contribution in [1.29, 1.82) is 0 Å². The van der Waals surface area contributed by atoms with Gasteiger partial charge in [-0.3, -0.25) is 0 Å². The van der Waals surface area contributed by atoms with Crippen molar-refractivity contribution in [2.45, 2.75) is 6.04 Å². The Morgan fingerprint density at radius 2 is 2.08 bits per heavy atom. The summed E-state index contributed by atoms with van der Waals surface area (Å²) in [5.41, 5.74) is 5.88. The van der Waals surface area contributed by atoms with Crippen molar-refractivity contribution in [3.63, 3.8) is 0 Å². The number of nitrogens with zero attached hydrogens (tertiary/aromatic N) is 1. The number of hydrogen-bond acceptors (Lipinski definition) is 2. The Balaban J connectivity index is 0.00000144. The van der Waals surface area contributed by atoms with E-state index in [2.05, 4.69) is 4.98 Å². The van der Waals surface area contributed by atoms with E-state index in [-0.39, 0.29) is 22.7 Å². The molecule has 1 aromatic heterocycles. The van der Waals surface area contributed by atoms with Crippen LogP contribution >= 0.6 is 35.6 Å². The van der Waals surface area contributed by atoms with Crippen molar-refractivity contribution in [2.24, 2.45) is 5.73 Å². The highest BCUT2D eigenvalue weighted by Crippen LogP contribution is 2.21. The van der Waals surface area contributed by atoms with Gasteiger partial charge in [0, 0.05) is 5.56 Å². The van der Waals surface area contributed by atoms with Crippen LogP contribution in [0, 0.1) is 0 Å². The summed E-state index contributed by atoms with van der Waals surface area (Å²) in [4.78, 5) is 3.73. The number of pyridine rings is 1. The van der Waals surface area contributed by atoms with E-state index in [1.165, 1.54) is 6.07 Å². The van der Waals surface area contributed by atoms with Gasteiger partial charge in [0.25, 0.3) is 0 Å². The van der Waals surface area contributed by atoms with Gasteiger partial charge in [0.15, 0.2) is 0 Å². The first-order valence-corrected chi connectivity index (χ1v) is 4.04. The van der Waals surface area contributed by atoms with Crippen LogP contribution in [0.1, 0.15) is 11.6 Å². The molecule has 1 rings (SSSR count). The van der Waals surface area contributed by atoms with Crippen molar-refractivity contribution in [3.05, 3.63) is 28.0 Å². The molecule has 1 atom stereocenters. The van der Waals surface area contributed by atoms with Crippen LogP contribution in [0.4, 0.5) is 4.39 Å². The van der Waals surface area contributed by atoms with E-state index in [9.17, 15) is 4.39 Å². The van der Waals surface area contributed by atoms with E-state index in [1.54, 1.807) is 6.07 Å². The molecule has 0 saturated heterocycles. The van der Waals surface area contributed by atoms with Crippen molar-refractivity contribution in [1.82, 2.24) is 4.98 Å². The molecule has 0 aliphatic carbocycles. The average molecular weight is 246 g/mol. The lowest BCUT2D eigenvalue weighted by atomic mass is 10.1. The number of hydrogen-bond donors (Lipinski definition) is 1. The molecular weight excluding hydrogens is 237 g/mol. The van der Waals surface area contributed by atoms with Crippen LogP contribution in [0.25, 0.3) is 0 Å². The Morgan fingerprint density at radius 3 is 2.54 bits per heavy atom. The van der Waals surface area contributed by atoms with Gasteiger partial charge in [-0.05, 0) is 6.07 Å². The van der Waals surface area contributed by atoms with Gasteiger partial charge in [-0.25, -0.2) is 9.37 Å². The molecule has 0 amide bonds. The Hall–Kier alpha value is -0.0900. The minimum absolute atomic E-state index is 0. The quantitative estimate of drug-likeness (QED) is 0.814. The number of aromatic nitrogens is 1. The highest BCUT2D eigenvalue weighted by molar-refractivity contribution is 6.32.